The molecule has 7 heavy (non-hydrogen) atoms. The molecule has 0 aromatic heterocycles. The molecule has 7 heteroatoms. The van der Waals surface area contributed by atoms with E-state index in [1.807, 2.05) is 0 Å². The van der Waals surface area contributed by atoms with Gasteiger partial charge in [-0.2, -0.15) is 7.82 Å². The van der Waals surface area contributed by atoms with Crippen LogP contribution >= 0.6 is 7.82 Å². The Hall–Kier alpha value is 1.12. The summed E-state index contributed by atoms with van der Waals surface area (Å²) >= 11 is 0. The van der Waals surface area contributed by atoms with Gasteiger partial charge in [0.2, 0.25) is 0 Å². The summed E-state index contributed by atoms with van der Waals surface area (Å²) in [5.41, 5.74) is 0. The first kappa shape index (κ1) is 15.7. The molecule has 0 aromatic rings. The van der Waals surface area contributed by atoms with Crippen LogP contribution in [0.15, 0.2) is 0 Å². The fourth-order valence-electron chi connectivity index (χ4n) is 0. The Morgan fingerprint density at radius 2 is 1.14 bits per heavy atom. The van der Waals surface area contributed by atoms with Crippen molar-refractivity contribution in [3.05, 3.63) is 0 Å². The monoisotopic (exact) mass is 209 g/mol. The van der Waals surface area contributed by atoms with Gasteiger partial charge in [-0.15, -0.1) is 0 Å². The summed E-state index contributed by atoms with van der Waals surface area (Å²) in [6, 6.07) is 0. The van der Waals surface area contributed by atoms with Crippen LogP contribution in [0.4, 0.5) is 0 Å². The topological polar surface area (TPSA) is 86.2 Å². The smallest absolute Gasteiger partial charge is 0.822 e. The van der Waals surface area contributed by atoms with Crippen LogP contribution in [0.5, 0.6) is 0 Å². The number of rotatable bonds is 0. The van der Waals surface area contributed by atoms with Gasteiger partial charge in [0, 0.05) is 0 Å². The van der Waals surface area contributed by atoms with Crippen LogP contribution < -0.4 is 14.7 Å². The van der Waals surface area contributed by atoms with Gasteiger partial charge < -0.3 is 19.2 Å². The molecule has 0 aliphatic carbocycles. The fourth-order valence-corrected chi connectivity index (χ4v) is 0. The maximum atomic E-state index is 8.55. The molecule has 4 nitrogen and oxygen atoms in total. The maximum Gasteiger partial charge on any atom is 2.00 e. The molecule has 0 aromatic carbocycles. The first-order valence-electron chi connectivity index (χ1n) is 0.730. The van der Waals surface area contributed by atoms with Crippen LogP contribution in [0, 0.1) is 0 Å². The quantitative estimate of drug-likeness (QED) is 0.318. The van der Waals surface area contributed by atoms with E-state index >= 15 is 0 Å². The van der Waals surface area contributed by atoms with Crippen molar-refractivity contribution in [2.45, 2.75) is 0 Å². The number of hydrogen-bond donors (Lipinski definition) is 0. The van der Waals surface area contributed by atoms with Crippen molar-refractivity contribution in [2.75, 3.05) is 0 Å². The molecular formula is FeNiO4P+. The summed E-state index contributed by atoms with van der Waals surface area (Å²) in [7, 11) is -5.39. The molecule has 0 bridgehead atoms. The van der Waals surface area contributed by atoms with Crippen molar-refractivity contribution in [1.82, 2.24) is 0 Å². The minimum absolute atomic E-state index is 0. The van der Waals surface area contributed by atoms with E-state index in [4.69, 9.17) is 19.2 Å². The van der Waals surface area contributed by atoms with Crippen LogP contribution in [-0.2, 0) is 38.1 Å². The molecule has 0 amide bonds. The van der Waals surface area contributed by atoms with Crippen molar-refractivity contribution >= 4 is 7.82 Å². The van der Waals surface area contributed by atoms with Gasteiger partial charge in [0.25, 0.3) is 0 Å². The van der Waals surface area contributed by atoms with E-state index in [2.05, 4.69) is 0 Å². The van der Waals surface area contributed by atoms with Gasteiger partial charge >= 0.3 is 33.6 Å². The molecule has 0 fully saturated rings. The summed E-state index contributed by atoms with van der Waals surface area (Å²) in [4.78, 5) is 25.6. The Morgan fingerprint density at radius 1 is 1.14 bits per heavy atom. The van der Waals surface area contributed by atoms with E-state index in [-0.39, 0.29) is 33.6 Å². The van der Waals surface area contributed by atoms with Gasteiger partial charge in [0.1, 0.15) is 0 Å². The van der Waals surface area contributed by atoms with Crippen LogP contribution in [0.1, 0.15) is 0 Å². The largest absolute Gasteiger partial charge is 2.00 e. The molecule has 46 valence electrons. The summed E-state index contributed by atoms with van der Waals surface area (Å²) < 4.78 is 8.55. The van der Waals surface area contributed by atoms with E-state index in [0.29, 0.717) is 0 Å². The second-order valence-corrected chi connectivity index (χ2v) is 1.34. The van der Waals surface area contributed by atoms with Crippen LogP contribution in [0.2, 0.25) is 0 Å². The van der Waals surface area contributed by atoms with Gasteiger partial charge in [0.05, 0.1) is 0 Å². The van der Waals surface area contributed by atoms with E-state index in [0.717, 1.165) is 0 Å². The summed E-state index contributed by atoms with van der Waals surface area (Å²) in [5.74, 6) is 0. The summed E-state index contributed by atoms with van der Waals surface area (Å²) in [6.45, 7) is 0. The average Bonchev–Trinajstić information content (AvgIpc) is 0.722. The third-order valence-corrected chi connectivity index (χ3v) is 0. The number of phosphoric acid groups is 1. The maximum absolute atomic E-state index is 8.55. The van der Waals surface area contributed by atoms with Crippen molar-refractivity contribution in [2.24, 2.45) is 0 Å². The zero-order valence-electron chi connectivity index (χ0n) is 2.75. The molecular weight excluding hydrogens is 210 g/mol. The first-order valence-corrected chi connectivity index (χ1v) is 2.19. The van der Waals surface area contributed by atoms with E-state index in [9.17, 15) is 0 Å². The zero-order chi connectivity index (χ0) is 4.50. The number of hydrogen-bond acceptors (Lipinski definition) is 4. The van der Waals surface area contributed by atoms with Gasteiger partial charge in [-0.05, 0) is 0 Å². The second-order valence-electron chi connectivity index (χ2n) is 0.447. The molecule has 0 atom stereocenters. The first-order chi connectivity index (χ1) is 2.00. The Morgan fingerprint density at radius 3 is 1.14 bits per heavy atom. The average molecular weight is 210 g/mol. The summed E-state index contributed by atoms with van der Waals surface area (Å²) in [6.07, 6.45) is 0. The van der Waals surface area contributed by atoms with Gasteiger partial charge in [-0.25, -0.2) is 0 Å². The molecule has 0 N–H and O–H groups in total. The Labute approximate surface area is 60.9 Å². The predicted octanol–water partition coefficient (Wildman–Crippen LogP) is -2.83. The van der Waals surface area contributed by atoms with Crippen molar-refractivity contribution in [3.8, 4) is 0 Å². The molecule has 0 saturated heterocycles. The van der Waals surface area contributed by atoms with E-state index in [1.165, 1.54) is 0 Å². The third kappa shape index (κ3) is 148. The predicted molar refractivity (Wildman–Crippen MR) is 7.61 cm³/mol. The van der Waals surface area contributed by atoms with Gasteiger partial charge in [-0.3, -0.25) is 0 Å². The molecule has 0 unspecified atom stereocenters. The molecule has 0 radical (unpaired) electrons. The molecule has 0 spiro atoms. The van der Waals surface area contributed by atoms with Crippen LogP contribution in [0.25, 0.3) is 0 Å². The molecule has 0 saturated carbocycles. The Bertz CT molecular complexity index is 57.8. The van der Waals surface area contributed by atoms with Crippen molar-refractivity contribution in [1.29, 1.82) is 0 Å². The molecule has 0 heterocycles. The van der Waals surface area contributed by atoms with Gasteiger partial charge in [-0.1, -0.05) is 0 Å². The summed E-state index contributed by atoms with van der Waals surface area (Å²) in [5, 5.41) is 0. The minimum atomic E-state index is -5.39. The van der Waals surface area contributed by atoms with Crippen molar-refractivity contribution < 1.29 is 52.8 Å². The van der Waals surface area contributed by atoms with E-state index in [1.54, 1.807) is 0 Å². The van der Waals surface area contributed by atoms with Crippen LogP contribution in [-0.4, -0.2) is 0 Å². The molecule has 0 rings (SSSR count). The standard InChI is InChI=1S/Fe.Ni.H3O4P/c;;1-5(2,3)4/h;;(H3,1,2,3,4)/q2*+2;/p-3. The SMILES string of the molecule is O=P([O-])([O-])[O-].[Fe+2].[Ni+2]. The van der Waals surface area contributed by atoms with E-state index < -0.39 is 7.82 Å². The van der Waals surface area contributed by atoms with Crippen LogP contribution in [0.3, 0.4) is 0 Å². The van der Waals surface area contributed by atoms with Crippen molar-refractivity contribution in [3.63, 3.8) is 0 Å². The minimum Gasteiger partial charge on any atom is -0.822 e. The molecule has 0 aliphatic heterocycles. The zero-order valence-corrected chi connectivity index (χ0v) is 5.74. The normalized spacial score (nSPS) is 8.43. The third-order valence-electron chi connectivity index (χ3n) is 0. The fraction of sp³-hybridized carbons (Fsp3) is 0. The molecule has 0 aliphatic rings. The Kier molecular flexibility index (Phi) is 11.8. The Balaban J connectivity index is -0.0000000800. The second kappa shape index (κ2) is 5.26. The van der Waals surface area contributed by atoms with Gasteiger partial charge in [0.15, 0.2) is 0 Å².